The highest BCUT2D eigenvalue weighted by atomic mass is 16.5. The summed E-state index contributed by atoms with van der Waals surface area (Å²) in [4.78, 5) is 18.0. The summed E-state index contributed by atoms with van der Waals surface area (Å²) in [6, 6.07) is 5.74. The number of pyridine rings is 1. The average molecular weight is 245 g/mol. The van der Waals surface area contributed by atoms with Gasteiger partial charge >= 0.3 is 0 Å². The van der Waals surface area contributed by atoms with Gasteiger partial charge < -0.3 is 9.64 Å². The minimum atomic E-state index is -0.956. The van der Waals surface area contributed by atoms with E-state index in [1.165, 1.54) is 4.90 Å². The molecule has 0 saturated carbocycles. The zero-order valence-corrected chi connectivity index (χ0v) is 10.3. The van der Waals surface area contributed by atoms with E-state index in [-0.39, 0.29) is 5.91 Å². The Morgan fingerprint density at radius 2 is 2.28 bits per heavy atom. The third kappa shape index (κ3) is 2.20. The molecule has 0 aliphatic carbocycles. The summed E-state index contributed by atoms with van der Waals surface area (Å²) in [5.41, 5.74) is -0.258. The van der Waals surface area contributed by atoms with E-state index < -0.39 is 5.41 Å². The first-order chi connectivity index (χ1) is 8.69. The van der Waals surface area contributed by atoms with Crippen molar-refractivity contribution in [2.24, 2.45) is 5.41 Å². The van der Waals surface area contributed by atoms with Gasteiger partial charge in [0.25, 0.3) is 0 Å². The SMILES string of the molecule is CN(C(=O)C1(C#N)CCOCC1)c1cccnc1. The Balaban J connectivity index is 2.22. The first kappa shape index (κ1) is 12.5. The Hall–Kier alpha value is -1.93. The molecule has 5 nitrogen and oxygen atoms in total. The Labute approximate surface area is 106 Å². The summed E-state index contributed by atoms with van der Waals surface area (Å²) in [7, 11) is 1.67. The van der Waals surface area contributed by atoms with Crippen LogP contribution in [0.1, 0.15) is 12.8 Å². The lowest BCUT2D eigenvalue weighted by Gasteiger charge is -2.32. The molecular weight excluding hydrogens is 230 g/mol. The topological polar surface area (TPSA) is 66.2 Å². The summed E-state index contributed by atoms with van der Waals surface area (Å²) in [6.45, 7) is 0.917. The second-order valence-electron chi connectivity index (χ2n) is 4.38. The molecule has 1 aromatic rings. The maximum Gasteiger partial charge on any atom is 0.247 e. The molecule has 0 N–H and O–H groups in total. The first-order valence-electron chi connectivity index (χ1n) is 5.87. The normalized spacial score (nSPS) is 17.8. The third-order valence-corrected chi connectivity index (χ3v) is 3.31. The molecular formula is C13H15N3O2. The number of hydrogen-bond acceptors (Lipinski definition) is 4. The number of amides is 1. The Kier molecular flexibility index (Phi) is 3.58. The largest absolute Gasteiger partial charge is 0.381 e. The van der Waals surface area contributed by atoms with Gasteiger partial charge in [-0.15, -0.1) is 0 Å². The molecule has 0 atom stereocenters. The monoisotopic (exact) mass is 245 g/mol. The van der Waals surface area contributed by atoms with Gasteiger partial charge in [0.1, 0.15) is 5.41 Å². The van der Waals surface area contributed by atoms with Gasteiger partial charge in [0, 0.05) is 26.5 Å². The van der Waals surface area contributed by atoms with Crippen molar-refractivity contribution in [3.05, 3.63) is 24.5 Å². The molecule has 0 unspecified atom stereocenters. The molecule has 1 aliphatic rings. The van der Waals surface area contributed by atoms with Crippen LogP contribution in [0, 0.1) is 16.7 Å². The Morgan fingerprint density at radius 1 is 1.56 bits per heavy atom. The molecule has 2 heterocycles. The molecule has 0 spiro atoms. The summed E-state index contributed by atoms with van der Waals surface area (Å²) in [6.07, 6.45) is 4.17. The van der Waals surface area contributed by atoms with Crippen LogP contribution in [0.4, 0.5) is 5.69 Å². The van der Waals surface area contributed by atoms with Gasteiger partial charge in [-0.25, -0.2) is 0 Å². The fraction of sp³-hybridized carbons (Fsp3) is 0.462. The first-order valence-corrected chi connectivity index (χ1v) is 5.87. The lowest BCUT2D eigenvalue weighted by atomic mass is 9.80. The van der Waals surface area contributed by atoms with Crippen LogP contribution in [0.2, 0.25) is 0 Å². The molecule has 1 saturated heterocycles. The van der Waals surface area contributed by atoms with Crippen LogP contribution >= 0.6 is 0 Å². The number of hydrogen-bond donors (Lipinski definition) is 0. The van der Waals surface area contributed by atoms with E-state index in [1.807, 2.05) is 0 Å². The highest BCUT2D eigenvalue weighted by Gasteiger charge is 2.42. The summed E-state index contributed by atoms with van der Waals surface area (Å²) >= 11 is 0. The number of rotatable bonds is 2. The second-order valence-corrected chi connectivity index (χ2v) is 4.38. The molecule has 5 heteroatoms. The van der Waals surface area contributed by atoms with Crippen LogP contribution in [0.15, 0.2) is 24.5 Å². The van der Waals surface area contributed by atoms with Crippen LogP contribution in [0.25, 0.3) is 0 Å². The summed E-state index contributed by atoms with van der Waals surface area (Å²) in [5.74, 6) is -0.179. The zero-order chi connectivity index (χ0) is 13.0. The molecule has 1 fully saturated rings. The summed E-state index contributed by atoms with van der Waals surface area (Å²) in [5, 5.41) is 9.34. The van der Waals surface area contributed by atoms with Crippen LogP contribution in [0.3, 0.4) is 0 Å². The average Bonchev–Trinajstić information content (AvgIpc) is 2.47. The van der Waals surface area contributed by atoms with Crippen LogP contribution < -0.4 is 4.90 Å². The lowest BCUT2D eigenvalue weighted by Crippen LogP contribution is -2.44. The van der Waals surface area contributed by atoms with Crippen molar-refractivity contribution in [3.63, 3.8) is 0 Å². The Morgan fingerprint density at radius 3 is 2.83 bits per heavy atom. The van der Waals surface area contributed by atoms with E-state index in [0.717, 1.165) is 0 Å². The number of nitrogens with zero attached hydrogens (tertiary/aromatic N) is 3. The van der Waals surface area contributed by atoms with E-state index in [2.05, 4.69) is 11.1 Å². The van der Waals surface area contributed by atoms with Gasteiger partial charge in [-0.2, -0.15) is 5.26 Å². The smallest absolute Gasteiger partial charge is 0.247 e. The van der Waals surface area contributed by atoms with Crippen molar-refractivity contribution in [1.82, 2.24) is 4.98 Å². The standard InChI is InChI=1S/C13H15N3O2/c1-16(11-3-2-6-15-9-11)12(17)13(10-14)4-7-18-8-5-13/h2-3,6,9H,4-5,7-8H2,1H3. The number of anilines is 1. The van der Waals surface area contributed by atoms with Gasteiger partial charge in [0.05, 0.1) is 18.0 Å². The van der Waals surface area contributed by atoms with Gasteiger partial charge in [0.15, 0.2) is 0 Å². The number of nitriles is 1. The predicted molar refractivity (Wildman–Crippen MR) is 65.7 cm³/mol. The van der Waals surface area contributed by atoms with Crippen molar-refractivity contribution in [2.75, 3.05) is 25.2 Å². The van der Waals surface area contributed by atoms with Crippen molar-refractivity contribution < 1.29 is 9.53 Å². The number of aromatic nitrogens is 1. The molecule has 0 aromatic carbocycles. The molecule has 1 amide bonds. The quantitative estimate of drug-likeness (QED) is 0.789. The zero-order valence-electron chi connectivity index (χ0n) is 10.3. The maximum absolute atomic E-state index is 12.5. The fourth-order valence-electron chi connectivity index (χ4n) is 2.08. The third-order valence-electron chi connectivity index (χ3n) is 3.31. The van der Waals surface area contributed by atoms with Crippen LogP contribution in [-0.4, -0.2) is 31.2 Å². The van der Waals surface area contributed by atoms with Gasteiger partial charge in [-0.3, -0.25) is 9.78 Å². The van der Waals surface area contributed by atoms with Crippen LogP contribution in [0.5, 0.6) is 0 Å². The van der Waals surface area contributed by atoms with Gasteiger partial charge in [-0.05, 0) is 25.0 Å². The molecule has 0 bridgehead atoms. The maximum atomic E-state index is 12.5. The fourth-order valence-corrected chi connectivity index (χ4v) is 2.08. The van der Waals surface area contributed by atoms with Gasteiger partial charge in [0.2, 0.25) is 5.91 Å². The second kappa shape index (κ2) is 5.15. The molecule has 18 heavy (non-hydrogen) atoms. The van der Waals surface area contributed by atoms with E-state index in [0.29, 0.717) is 31.7 Å². The van der Waals surface area contributed by atoms with Gasteiger partial charge in [-0.1, -0.05) is 0 Å². The number of ether oxygens (including phenoxy) is 1. The summed E-state index contributed by atoms with van der Waals surface area (Å²) < 4.78 is 5.23. The van der Waals surface area contributed by atoms with Crippen molar-refractivity contribution in [3.8, 4) is 6.07 Å². The van der Waals surface area contributed by atoms with E-state index in [9.17, 15) is 10.1 Å². The van der Waals surface area contributed by atoms with Crippen molar-refractivity contribution >= 4 is 11.6 Å². The van der Waals surface area contributed by atoms with E-state index in [1.54, 1.807) is 31.6 Å². The Bertz CT molecular complexity index is 461. The molecule has 2 rings (SSSR count). The van der Waals surface area contributed by atoms with Crippen molar-refractivity contribution in [2.45, 2.75) is 12.8 Å². The molecule has 1 aromatic heterocycles. The van der Waals surface area contributed by atoms with Crippen molar-refractivity contribution in [1.29, 1.82) is 5.26 Å². The molecule has 1 aliphatic heterocycles. The lowest BCUT2D eigenvalue weighted by molar-refractivity contribution is -0.129. The number of carbonyl (C=O) groups is 1. The molecule has 94 valence electrons. The molecule has 0 radical (unpaired) electrons. The van der Waals surface area contributed by atoms with E-state index >= 15 is 0 Å². The minimum Gasteiger partial charge on any atom is -0.381 e. The minimum absolute atomic E-state index is 0.179. The number of carbonyl (C=O) groups excluding carboxylic acids is 1. The highest BCUT2D eigenvalue weighted by molar-refractivity contribution is 5.98. The highest BCUT2D eigenvalue weighted by Crippen LogP contribution is 2.32. The van der Waals surface area contributed by atoms with Crippen LogP contribution in [-0.2, 0) is 9.53 Å². The van der Waals surface area contributed by atoms with E-state index in [4.69, 9.17) is 4.74 Å². The predicted octanol–water partition coefficient (Wildman–Crippen LogP) is 1.36.